The van der Waals surface area contributed by atoms with E-state index in [2.05, 4.69) is 15.9 Å². The van der Waals surface area contributed by atoms with Crippen molar-refractivity contribution in [3.05, 3.63) is 22.2 Å². The molecule has 2 saturated heterocycles. The molecule has 1 aromatic carbocycles. The van der Waals surface area contributed by atoms with Crippen molar-refractivity contribution in [3.63, 3.8) is 0 Å². The lowest BCUT2D eigenvalue weighted by atomic mass is 9.94. The van der Waals surface area contributed by atoms with Crippen molar-refractivity contribution in [2.75, 3.05) is 39.9 Å². The summed E-state index contributed by atoms with van der Waals surface area (Å²) in [6.07, 6.45) is 6.12. The first-order chi connectivity index (χ1) is 14.0. The summed E-state index contributed by atoms with van der Waals surface area (Å²) < 4.78 is 11.7. The summed E-state index contributed by atoms with van der Waals surface area (Å²) in [6.45, 7) is 5.41. The van der Waals surface area contributed by atoms with Gasteiger partial charge in [0, 0.05) is 37.7 Å². The molecule has 0 aromatic heterocycles. The number of likely N-dealkylation sites (tertiary alicyclic amines) is 2. The molecule has 160 valence electrons. The standard InChI is InChI=1S/C22H31BrN2O4/c1-3-29-20-18(23)14-17(15-19(20)28-2)22(27)25-12-8-16(9-13-25)21(26)24-10-6-4-5-7-11-24/h14-16H,3-13H2,1-2H3. The van der Waals surface area contributed by atoms with E-state index in [1.54, 1.807) is 19.2 Å². The van der Waals surface area contributed by atoms with Crippen molar-refractivity contribution in [1.29, 1.82) is 0 Å². The highest BCUT2D eigenvalue weighted by Crippen LogP contribution is 2.37. The van der Waals surface area contributed by atoms with Crippen LogP contribution in [-0.2, 0) is 4.79 Å². The van der Waals surface area contributed by atoms with E-state index in [0.29, 0.717) is 41.2 Å². The average molecular weight is 467 g/mol. The molecule has 0 bridgehead atoms. The first kappa shape index (κ1) is 21.9. The zero-order valence-corrected chi connectivity index (χ0v) is 19.0. The number of nitrogens with zero attached hydrogens (tertiary/aromatic N) is 2. The van der Waals surface area contributed by atoms with Crippen LogP contribution in [0.1, 0.15) is 55.8 Å². The quantitative estimate of drug-likeness (QED) is 0.654. The van der Waals surface area contributed by atoms with Crippen molar-refractivity contribution in [3.8, 4) is 11.5 Å². The van der Waals surface area contributed by atoms with E-state index in [1.165, 1.54) is 12.8 Å². The van der Waals surface area contributed by atoms with E-state index < -0.39 is 0 Å². The molecular formula is C22H31BrN2O4. The lowest BCUT2D eigenvalue weighted by Crippen LogP contribution is -2.44. The maximum absolute atomic E-state index is 13.0. The molecule has 6 nitrogen and oxygen atoms in total. The second kappa shape index (κ2) is 10.3. The van der Waals surface area contributed by atoms with Crippen LogP contribution in [0.15, 0.2) is 16.6 Å². The van der Waals surface area contributed by atoms with Gasteiger partial charge in [-0.1, -0.05) is 12.8 Å². The summed E-state index contributed by atoms with van der Waals surface area (Å²) in [4.78, 5) is 29.8. The molecule has 0 radical (unpaired) electrons. The maximum Gasteiger partial charge on any atom is 0.254 e. The minimum Gasteiger partial charge on any atom is -0.493 e. The highest BCUT2D eigenvalue weighted by Gasteiger charge is 2.31. The molecule has 0 aliphatic carbocycles. The van der Waals surface area contributed by atoms with Crippen molar-refractivity contribution < 1.29 is 19.1 Å². The number of carbonyl (C=O) groups excluding carboxylic acids is 2. The number of hydrogen-bond acceptors (Lipinski definition) is 4. The fourth-order valence-corrected chi connectivity index (χ4v) is 4.75. The second-order valence-electron chi connectivity index (χ2n) is 7.73. The number of amides is 2. The molecular weight excluding hydrogens is 436 g/mol. The summed E-state index contributed by atoms with van der Waals surface area (Å²) in [5.41, 5.74) is 0.564. The summed E-state index contributed by atoms with van der Waals surface area (Å²) in [5.74, 6) is 1.43. The molecule has 2 aliphatic rings. The molecule has 7 heteroatoms. The molecule has 3 rings (SSSR count). The topological polar surface area (TPSA) is 59.1 Å². The zero-order valence-electron chi connectivity index (χ0n) is 17.4. The molecule has 0 N–H and O–H groups in total. The van der Waals surface area contributed by atoms with E-state index in [4.69, 9.17) is 9.47 Å². The van der Waals surface area contributed by atoms with Crippen molar-refractivity contribution in [1.82, 2.24) is 9.80 Å². The van der Waals surface area contributed by atoms with Gasteiger partial charge >= 0.3 is 0 Å². The van der Waals surface area contributed by atoms with Gasteiger partial charge in [-0.05, 0) is 60.7 Å². The summed E-state index contributed by atoms with van der Waals surface area (Å²) in [7, 11) is 1.57. The van der Waals surface area contributed by atoms with E-state index >= 15 is 0 Å². The zero-order chi connectivity index (χ0) is 20.8. The lowest BCUT2D eigenvalue weighted by molar-refractivity contribution is -0.136. The summed E-state index contributed by atoms with van der Waals surface area (Å²) >= 11 is 3.49. The molecule has 1 aromatic rings. The maximum atomic E-state index is 13.0. The molecule has 0 spiro atoms. The third kappa shape index (κ3) is 5.24. The minimum absolute atomic E-state index is 0.0345. The SMILES string of the molecule is CCOc1c(Br)cc(C(=O)N2CCC(C(=O)N3CCCCCC3)CC2)cc1OC. The van der Waals surface area contributed by atoms with Gasteiger partial charge in [0.25, 0.3) is 5.91 Å². The second-order valence-corrected chi connectivity index (χ2v) is 8.58. The molecule has 2 heterocycles. The Kier molecular flexibility index (Phi) is 7.81. The predicted molar refractivity (Wildman–Crippen MR) is 116 cm³/mol. The molecule has 2 aliphatic heterocycles. The Morgan fingerprint density at radius 3 is 2.28 bits per heavy atom. The van der Waals surface area contributed by atoms with Gasteiger partial charge in [0.2, 0.25) is 5.91 Å². The highest BCUT2D eigenvalue weighted by atomic mass is 79.9. The lowest BCUT2D eigenvalue weighted by Gasteiger charge is -2.34. The summed E-state index contributed by atoms with van der Waals surface area (Å²) in [6, 6.07) is 3.51. The van der Waals surface area contributed by atoms with Crippen LogP contribution in [0, 0.1) is 5.92 Å². The Hall–Kier alpha value is -1.76. The highest BCUT2D eigenvalue weighted by molar-refractivity contribution is 9.10. The Morgan fingerprint density at radius 2 is 1.69 bits per heavy atom. The van der Waals surface area contributed by atoms with Crippen LogP contribution < -0.4 is 9.47 Å². The van der Waals surface area contributed by atoms with E-state index in [0.717, 1.165) is 38.8 Å². The largest absolute Gasteiger partial charge is 0.493 e. The van der Waals surface area contributed by atoms with Crippen molar-refractivity contribution in [2.24, 2.45) is 5.92 Å². The number of carbonyl (C=O) groups is 2. The van der Waals surface area contributed by atoms with Gasteiger partial charge in [0.15, 0.2) is 11.5 Å². The number of halogens is 1. The Labute approximate surface area is 181 Å². The summed E-state index contributed by atoms with van der Waals surface area (Å²) in [5, 5.41) is 0. The molecule has 29 heavy (non-hydrogen) atoms. The number of rotatable bonds is 5. The molecule has 0 atom stereocenters. The monoisotopic (exact) mass is 466 g/mol. The van der Waals surface area contributed by atoms with Gasteiger partial charge in [0.05, 0.1) is 18.2 Å². The first-order valence-corrected chi connectivity index (χ1v) is 11.4. The van der Waals surface area contributed by atoms with Gasteiger partial charge < -0.3 is 19.3 Å². The van der Waals surface area contributed by atoms with Crippen LogP contribution in [-0.4, -0.2) is 61.5 Å². The fourth-order valence-electron chi connectivity index (χ4n) is 4.19. The van der Waals surface area contributed by atoms with Crippen LogP contribution in [0.25, 0.3) is 0 Å². The molecule has 0 saturated carbocycles. The normalized spacial score (nSPS) is 18.3. The Morgan fingerprint density at radius 1 is 1.03 bits per heavy atom. The van der Waals surface area contributed by atoms with E-state index in [1.807, 2.05) is 16.7 Å². The van der Waals surface area contributed by atoms with Gasteiger partial charge in [0.1, 0.15) is 0 Å². The van der Waals surface area contributed by atoms with E-state index in [9.17, 15) is 9.59 Å². The number of methoxy groups -OCH3 is 1. The predicted octanol–water partition coefficient (Wildman–Crippen LogP) is 4.11. The van der Waals surface area contributed by atoms with Crippen LogP contribution in [0.4, 0.5) is 0 Å². The minimum atomic E-state index is -0.0345. The van der Waals surface area contributed by atoms with Gasteiger partial charge in [-0.25, -0.2) is 0 Å². The van der Waals surface area contributed by atoms with Crippen LogP contribution in [0.5, 0.6) is 11.5 Å². The van der Waals surface area contributed by atoms with Crippen molar-refractivity contribution in [2.45, 2.75) is 45.4 Å². The van der Waals surface area contributed by atoms with Crippen LogP contribution in [0.2, 0.25) is 0 Å². The first-order valence-electron chi connectivity index (χ1n) is 10.6. The third-order valence-electron chi connectivity index (χ3n) is 5.81. The fraction of sp³-hybridized carbons (Fsp3) is 0.636. The molecule has 2 amide bonds. The number of benzene rings is 1. The van der Waals surface area contributed by atoms with Gasteiger partial charge in [-0.2, -0.15) is 0 Å². The molecule has 0 unspecified atom stereocenters. The van der Waals surface area contributed by atoms with Crippen molar-refractivity contribution >= 4 is 27.7 Å². The van der Waals surface area contributed by atoms with E-state index in [-0.39, 0.29) is 17.7 Å². The van der Waals surface area contributed by atoms with Crippen LogP contribution in [0.3, 0.4) is 0 Å². The number of piperidine rings is 1. The average Bonchev–Trinajstić information content (AvgIpc) is 3.03. The van der Waals surface area contributed by atoms with Gasteiger partial charge in [-0.3, -0.25) is 9.59 Å². The smallest absolute Gasteiger partial charge is 0.254 e. The van der Waals surface area contributed by atoms with Gasteiger partial charge in [-0.15, -0.1) is 0 Å². The molecule has 2 fully saturated rings. The Balaban J connectivity index is 1.62. The number of hydrogen-bond donors (Lipinski definition) is 0. The Bertz CT molecular complexity index is 724. The third-order valence-corrected chi connectivity index (χ3v) is 6.40. The van der Waals surface area contributed by atoms with Crippen LogP contribution >= 0.6 is 15.9 Å². The number of ether oxygens (including phenoxy) is 2.